The van der Waals surface area contributed by atoms with E-state index in [0.29, 0.717) is 32.3 Å². The van der Waals surface area contributed by atoms with Gasteiger partial charge in [-0.3, -0.25) is 4.68 Å². The van der Waals surface area contributed by atoms with E-state index in [2.05, 4.69) is 22.1 Å². The molecule has 0 amide bonds. The Hall–Kier alpha value is -1.90. The van der Waals surface area contributed by atoms with Gasteiger partial charge in [-0.15, -0.1) is 0 Å². The van der Waals surface area contributed by atoms with Gasteiger partial charge < -0.3 is 9.64 Å². The Morgan fingerprint density at radius 3 is 2.69 bits per heavy atom. The van der Waals surface area contributed by atoms with Crippen LogP contribution in [-0.4, -0.2) is 66.2 Å². The molecule has 2 aromatic rings. The van der Waals surface area contributed by atoms with Gasteiger partial charge in [0, 0.05) is 31.9 Å². The lowest BCUT2D eigenvalue weighted by atomic mass is 9.95. The molecule has 2 aliphatic heterocycles. The maximum absolute atomic E-state index is 13.3. The fourth-order valence-electron chi connectivity index (χ4n) is 4.83. The summed E-state index contributed by atoms with van der Waals surface area (Å²) >= 11 is 0. The lowest BCUT2D eigenvalue weighted by Crippen LogP contribution is -2.40. The Balaban J connectivity index is 1.52. The second-order valence-electron chi connectivity index (χ2n) is 8.86. The molecular formula is C24H36N4O3S. The van der Waals surface area contributed by atoms with Crippen LogP contribution in [0.5, 0.6) is 5.75 Å². The predicted molar refractivity (Wildman–Crippen MR) is 125 cm³/mol. The number of aromatic nitrogens is 2. The van der Waals surface area contributed by atoms with E-state index in [1.807, 2.05) is 19.1 Å². The van der Waals surface area contributed by atoms with Crippen LogP contribution < -0.4 is 4.74 Å². The molecule has 1 aromatic carbocycles. The first kappa shape index (κ1) is 23.3. The Morgan fingerprint density at radius 1 is 1.06 bits per heavy atom. The summed E-state index contributed by atoms with van der Waals surface area (Å²) in [4.78, 5) is 2.89. The van der Waals surface area contributed by atoms with Gasteiger partial charge in [0.25, 0.3) is 0 Å². The van der Waals surface area contributed by atoms with Crippen molar-refractivity contribution in [2.24, 2.45) is 0 Å². The van der Waals surface area contributed by atoms with E-state index < -0.39 is 10.0 Å². The quantitative estimate of drug-likeness (QED) is 0.701. The number of benzene rings is 1. The molecule has 0 spiro atoms. The summed E-state index contributed by atoms with van der Waals surface area (Å²) in [5.74, 6) is 0.814. The molecule has 3 heterocycles. The lowest BCUT2D eigenvalue weighted by molar-refractivity contribution is 0.137. The van der Waals surface area contributed by atoms with Crippen LogP contribution in [0.15, 0.2) is 41.6 Å². The number of hydrogen-bond donors (Lipinski definition) is 0. The van der Waals surface area contributed by atoms with Crippen molar-refractivity contribution < 1.29 is 13.2 Å². The van der Waals surface area contributed by atoms with Gasteiger partial charge >= 0.3 is 0 Å². The zero-order valence-electron chi connectivity index (χ0n) is 19.2. The normalized spacial score (nSPS) is 22.3. The Kier molecular flexibility index (Phi) is 7.86. The van der Waals surface area contributed by atoms with E-state index >= 15 is 0 Å². The summed E-state index contributed by atoms with van der Waals surface area (Å²) in [5.41, 5.74) is 1.29. The molecule has 0 aliphatic carbocycles. The summed E-state index contributed by atoms with van der Waals surface area (Å²) in [5, 5.41) is 4.17. The lowest BCUT2D eigenvalue weighted by Gasteiger charge is -2.36. The molecule has 32 heavy (non-hydrogen) atoms. The minimum Gasteiger partial charge on any atom is -0.492 e. The standard InChI is InChI=1S/C24H36N4O3S/c1-2-27-20-24(19-25-27)32(29,30)28-15-6-5-14-26-13-4-3-9-22(26)12-11-21-8-7-10-23(18-21)31-17-16-28/h7-8,10,18-20,22H,2-6,9,11-17H2,1H3. The number of piperidine rings is 1. The van der Waals surface area contributed by atoms with Crippen molar-refractivity contribution in [1.29, 1.82) is 0 Å². The van der Waals surface area contributed by atoms with Crippen LogP contribution >= 0.6 is 0 Å². The van der Waals surface area contributed by atoms with Crippen molar-refractivity contribution in [2.45, 2.75) is 69.4 Å². The van der Waals surface area contributed by atoms with Gasteiger partial charge in [0.05, 0.1) is 6.20 Å². The van der Waals surface area contributed by atoms with Crippen LogP contribution in [-0.2, 0) is 23.0 Å². The van der Waals surface area contributed by atoms with Crippen molar-refractivity contribution in [3.8, 4) is 5.75 Å². The van der Waals surface area contributed by atoms with Crippen LogP contribution in [0, 0.1) is 0 Å². The minimum atomic E-state index is -3.60. The predicted octanol–water partition coefficient (Wildman–Crippen LogP) is 3.55. The first-order chi connectivity index (χ1) is 15.6. The second kappa shape index (κ2) is 10.8. The van der Waals surface area contributed by atoms with Crippen molar-refractivity contribution in [3.63, 3.8) is 0 Å². The SMILES string of the molecule is CCn1cc(S(=O)(=O)N2CCCCN3CCCCC3CCc3cccc(c3)OCC2)cn1. The molecule has 176 valence electrons. The molecule has 4 rings (SSSR count). The number of nitrogens with zero attached hydrogens (tertiary/aromatic N) is 4. The monoisotopic (exact) mass is 460 g/mol. The van der Waals surface area contributed by atoms with Gasteiger partial charge in [0.1, 0.15) is 17.3 Å². The number of hydrogen-bond acceptors (Lipinski definition) is 5. The Morgan fingerprint density at radius 2 is 1.88 bits per heavy atom. The third-order valence-electron chi connectivity index (χ3n) is 6.70. The highest BCUT2D eigenvalue weighted by atomic mass is 32.2. The maximum Gasteiger partial charge on any atom is 0.246 e. The first-order valence-electron chi connectivity index (χ1n) is 12.0. The number of fused-ring (bicyclic) bond motifs is 3. The van der Waals surface area contributed by atoms with E-state index in [1.165, 1.54) is 37.4 Å². The molecule has 1 atom stereocenters. The summed E-state index contributed by atoms with van der Waals surface area (Å²) < 4.78 is 35.8. The summed E-state index contributed by atoms with van der Waals surface area (Å²) in [6.45, 7) is 5.96. The van der Waals surface area contributed by atoms with Crippen LogP contribution in [0.2, 0.25) is 0 Å². The van der Waals surface area contributed by atoms with E-state index in [9.17, 15) is 8.42 Å². The van der Waals surface area contributed by atoms with Crippen LogP contribution in [0.3, 0.4) is 0 Å². The maximum atomic E-state index is 13.3. The molecule has 2 bridgehead atoms. The summed E-state index contributed by atoms with van der Waals surface area (Å²) in [6, 6.07) is 8.89. The van der Waals surface area contributed by atoms with E-state index in [0.717, 1.165) is 38.1 Å². The molecule has 1 saturated heterocycles. The van der Waals surface area contributed by atoms with Gasteiger partial charge in [0.2, 0.25) is 10.0 Å². The van der Waals surface area contributed by atoms with Crippen molar-refractivity contribution in [3.05, 3.63) is 42.2 Å². The molecule has 8 heteroatoms. The fraction of sp³-hybridized carbons (Fsp3) is 0.625. The average molecular weight is 461 g/mol. The highest BCUT2D eigenvalue weighted by molar-refractivity contribution is 7.89. The van der Waals surface area contributed by atoms with Gasteiger partial charge in [0.15, 0.2) is 0 Å². The number of sulfonamides is 1. The van der Waals surface area contributed by atoms with Gasteiger partial charge in [-0.25, -0.2) is 8.42 Å². The summed E-state index contributed by atoms with van der Waals surface area (Å²) in [6.07, 6.45) is 11.0. The fourth-order valence-corrected chi connectivity index (χ4v) is 6.24. The van der Waals surface area contributed by atoms with E-state index in [1.54, 1.807) is 15.2 Å². The minimum absolute atomic E-state index is 0.260. The number of rotatable bonds is 3. The second-order valence-corrected chi connectivity index (χ2v) is 10.8. The van der Waals surface area contributed by atoms with Gasteiger partial charge in [-0.1, -0.05) is 18.6 Å². The van der Waals surface area contributed by atoms with Gasteiger partial charge in [-0.05, 0) is 76.2 Å². The van der Waals surface area contributed by atoms with E-state index in [-0.39, 0.29) is 4.90 Å². The van der Waals surface area contributed by atoms with Crippen LogP contribution in [0.25, 0.3) is 0 Å². The van der Waals surface area contributed by atoms with Gasteiger partial charge in [-0.2, -0.15) is 9.40 Å². The largest absolute Gasteiger partial charge is 0.492 e. The zero-order valence-corrected chi connectivity index (χ0v) is 20.0. The highest BCUT2D eigenvalue weighted by Crippen LogP contribution is 2.24. The molecule has 0 radical (unpaired) electrons. The average Bonchev–Trinajstić information content (AvgIpc) is 3.30. The highest BCUT2D eigenvalue weighted by Gasteiger charge is 2.27. The van der Waals surface area contributed by atoms with Crippen LogP contribution in [0.1, 0.15) is 51.0 Å². The molecule has 2 aliphatic rings. The Labute approximate surface area is 192 Å². The first-order valence-corrected chi connectivity index (χ1v) is 13.5. The molecular weight excluding hydrogens is 424 g/mol. The van der Waals surface area contributed by atoms with Crippen molar-refractivity contribution in [2.75, 3.05) is 32.8 Å². The molecule has 0 N–H and O–H groups in total. The smallest absolute Gasteiger partial charge is 0.246 e. The van der Waals surface area contributed by atoms with Crippen LogP contribution in [0.4, 0.5) is 0 Å². The topological polar surface area (TPSA) is 67.7 Å². The zero-order chi connectivity index (χ0) is 22.4. The summed E-state index contributed by atoms with van der Waals surface area (Å²) in [7, 11) is -3.60. The van der Waals surface area contributed by atoms with Crippen molar-refractivity contribution >= 4 is 10.0 Å². The molecule has 0 saturated carbocycles. The molecule has 1 unspecified atom stereocenters. The van der Waals surface area contributed by atoms with E-state index in [4.69, 9.17) is 4.74 Å². The Bertz CT molecular complexity index is 975. The molecule has 7 nitrogen and oxygen atoms in total. The number of ether oxygens (including phenoxy) is 1. The third kappa shape index (κ3) is 5.71. The molecule has 1 aromatic heterocycles. The van der Waals surface area contributed by atoms with Crippen molar-refractivity contribution in [1.82, 2.24) is 19.0 Å². The third-order valence-corrected chi connectivity index (χ3v) is 8.55. The number of aryl methyl sites for hydroxylation is 2. The molecule has 1 fully saturated rings.